The molecule has 2 atom stereocenters. The summed E-state index contributed by atoms with van der Waals surface area (Å²) in [5.41, 5.74) is -0.327. The van der Waals surface area contributed by atoms with E-state index in [2.05, 4.69) is 5.32 Å². The highest BCUT2D eigenvalue weighted by atomic mass is 16.5. The fourth-order valence-corrected chi connectivity index (χ4v) is 2.06. The molecular weight excluding hydrogens is 236 g/mol. The molecule has 0 bridgehead atoms. The minimum Gasteiger partial charge on any atom is -0.377 e. The van der Waals surface area contributed by atoms with Crippen LogP contribution in [0.4, 0.5) is 0 Å². The quantitative estimate of drug-likeness (QED) is 0.725. The van der Waals surface area contributed by atoms with Gasteiger partial charge in [-0.2, -0.15) is 0 Å². The van der Waals surface area contributed by atoms with Gasteiger partial charge in [0, 0.05) is 6.54 Å². The van der Waals surface area contributed by atoms with Gasteiger partial charge in [-0.1, -0.05) is 0 Å². The molecule has 2 rings (SSSR count). The topological polar surface area (TPSA) is 67.9 Å². The zero-order valence-electron chi connectivity index (χ0n) is 11.1. The van der Waals surface area contributed by atoms with E-state index in [1.54, 1.807) is 4.90 Å². The van der Waals surface area contributed by atoms with E-state index < -0.39 is 12.1 Å². The fraction of sp³-hybridized carbons (Fsp3) is 0.833. The third-order valence-electron chi connectivity index (χ3n) is 3.01. The highest BCUT2D eigenvalue weighted by Crippen LogP contribution is 2.16. The van der Waals surface area contributed by atoms with Crippen LogP contribution in [0.2, 0.25) is 0 Å². The maximum atomic E-state index is 12.2. The summed E-state index contributed by atoms with van der Waals surface area (Å²) in [7, 11) is 0. The van der Waals surface area contributed by atoms with E-state index in [0.29, 0.717) is 13.2 Å². The largest absolute Gasteiger partial charge is 0.377 e. The predicted molar refractivity (Wildman–Crippen MR) is 64.0 cm³/mol. The molecule has 0 aromatic heterocycles. The number of amides is 2. The molecule has 0 spiro atoms. The van der Waals surface area contributed by atoms with Gasteiger partial charge in [0.15, 0.2) is 0 Å². The molecule has 0 saturated carbocycles. The summed E-state index contributed by atoms with van der Waals surface area (Å²) in [5.74, 6) is -0.232. The Kier molecular flexibility index (Phi) is 3.59. The molecule has 0 aromatic carbocycles. The summed E-state index contributed by atoms with van der Waals surface area (Å²) >= 11 is 0. The van der Waals surface area contributed by atoms with Gasteiger partial charge in [0.05, 0.1) is 25.4 Å². The van der Waals surface area contributed by atoms with Crippen molar-refractivity contribution in [3.63, 3.8) is 0 Å². The molecule has 2 saturated heterocycles. The molecule has 6 heteroatoms. The Bertz CT molecular complexity index is 350. The van der Waals surface area contributed by atoms with Crippen molar-refractivity contribution in [1.29, 1.82) is 0 Å². The van der Waals surface area contributed by atoms with Gasteiger partial charge in [0.25, 0.3) is 0 Å². The van der Waals surface area contributed by atoms with Gasteiger partial charge in [-0.25, -0.2) is 0 Å². The normalized spacial score (nSPS) is 28.9. The molecule has 0 aliphatic carbocycles. The summed E-state index contributed by atoms with van der Waals surface area (Å²) in [5, 5.41) is 2.70. The number of carbonyl (C=O) groups is 2. The molecule has 2 heterocycles. The van der Waals surface area contributed by atoms with Crippen LogP contribution in [0.1, 0.15) is 20.8 Å². The lowest BCUT2D eigenvalue weighted by Crippen LogP contribution is -2.67. The Balaban J connectivity index is 2.01. The van der Waals surface area contributed by atoms with Crippen molar-refractivity contribution < 1.29 is 19.1 Å². The summed E-state index contributed by atoms with van der Waals surface area (Å²) in [6.07, 6.45) is 0. The third-order valence-corrected chi connectivity index (χ3v) is 3.01. The molecule has 2 aliphatic heterocycles. The van der Waals surface area contributed by atoms with E-state index >= 15 is 0 Å². The molecule has 2 aliphatic rings. The van der Waals surface area contributed by atoms with Crippen LogP contribution in [-0.4, -0.2) is 60.8 Å². The van der Waals surface area contributed by atoms with Crippen LogP contribution in [0.5, 0.6) is 0 Å². The van der Waals surface area contributed by atoms with E-state index in [1.165, 1.54) is 0 Å². The number of carbonyl (C=O) groups excluding carboxylic acids is 2. The van der Waals surface area contributed by atoms with E-state index in [-0.39, 0.29) is 30.6 Å². The summed E-state index contributed by atoms with van der Waals surface area (Å²) in [4.78, 5) is 25.7. The van der Waals surface area contributed by atoms with Gasteiger partial charge in [-0.3, -0.25) is 9.59 Å². The molecule has 2 amide bonds. The first-order valence-corrected chi connectivity index (χ1v) is 6.21. The highest BCUT2D eigenvalue weighted by molar-refractivity contribution is 5.97. The molecule has 102 valence electrons. The van der Waals surface area contributed by atoms with Crippen molar-refractivity contribution in [2.24, 2.45) is 0 Å². The first kappa shape index (κ1) is 13.3. The second-order valence-electron chi connectivity index (χ2n) is 5.61. The van der Waals surface area contributed by atoms with Crippen molar-refractivity contribution in [2.75, 3.05) is 26.4 Å². The molecule has 18 heavy (non-hydrogen) atoms. The molecule has 1 unspecified atom stereocenters. The second-order valence-corrected chi connectivity index (χ2v) is 5.61. The number of ether oxygens (including phenoxy) is 2. The van der Waals surface area contributed by atoms with Crippen LogP contribution in [-0.2, 0) is 19.1 Å². The molecule has 1 N–H and O–H groups in total. The lowest BCUT2D eigenvalue weighted by Gasteiger charge is -2.41. The molecule has 0 aromatic rings. The smallest absolute Gasteiger partial charge is 0.248 e. The first-order chi connectivity index (χ1) is 8.38. The van der Waals surface area contributed by atoms with Crippen molar-refractivity contribution in [3.8, 4) is 0 Å². The fourth-order valence-electron chi connectivity index (χ4n) is 2.06. The SMILES string of the molecule is CC(C)(C)OC[C@@H]1NC(=O)C2COCCN2C1=O. The van der Waals surface area contributed by atoms with Gasteiger partial charge in [0.1, 0.15) is 12.1 Å². The van der Waals surface area contributed by atoms with Gasteiger partial charge in [-0.15, -0.1) is 0 Å². The van der Waals surface area contributed by atoms with Crippen LogP contribution in [0.3, 0.4) is 0 Å². The Morgan fingerprint density at radius 2 is 2.17 bits per heavy atom. The second kappa shape index (κ2) is 4.85. The van der Waals surface area contributed by atoms with E-state index in [4.69, 9.17) is 9.47 Å². The monoisotopic (exact) mass is 256 g/mol. The van der Waals surface area contributed by atoms with E-state index in [1.807, 2.05) is 20.8 Å². The average Bonchev–Trinajstić information content (AvgIpc) is 2.31. The first-order valence-electron chi connectivity index (χ1n) is 6.21. The number of hydrogen-bond acceptors (Lipinski definition) is 4. The number of rotatable bonds is 2. The lowest BCUT2D eigenvalue weighted by atomic mass is 10.1. The van der Waals surface area contributed by atoms with Gasteiger partial charge >= 0.3 is 0 Å². The minimum atomic E-state index is -0.578. The number of piperazine rings is 1. The molecule has 6 nitrogen and oxygen atoms in total. The van der Waals surface area contributed by atoms with Crippen LogP contribution in [0.25, 0.3) is 0 Å². The summed E-state index contributed by atoms with van der Waals surface area (Å²) in [6, 6.07) is -1.05. The zero-order valence-corrected chi connectivity index (χ0v) is 11.1. The zero-order chi connectivity index (χ0) is 13.3. The van der Waals surface area contributed by atoms with E-state index in [9.17, 15) is 9.59 Å². The number of nitrogens with zero attached hydrogens (tertiary/aromatic N) is 1. The molecule has 2 fully saturated rings. The summed E-state index contributed by atoms with van der Waals surface area (Å²) in [6.45, 7) is 7.20. The minimum absolute atomic E-state index is 0.0767. The number of fused-ring (bicyclic) bond motifs is 1. The molecule has 0 radical (unpaired) electrons. The average molecular weight is 256 g/mol. The maximum Gasteiger partial charge on any atom is 0.248 e. The lowest BCUT2D eigenvalue weighted by molar-refractivity contribution is -0.160. The Morgan fingerprint density at radius 3 is 2.83 bits per heavy atom. The Morgan fingerprint density at radius 1 is 1.44 bits per heavy atom. The van der Waals surface area contributed by atoms with Crippen molar-refractivity contribution >= 4 is 11.8 Å². The summed E-state index contributed by atoms with van der Waals surface area (Å²) < 4.78 is 10.8. The predicted octanol–water partition coefficient (Wildman–Crippen LogP) is -0.473. The Hall–Kier alpha value is -1.14. The highest BCUT2D eigenvalue weighted by Gasteiger charge is 2.42. The van der Waals surface area contributed by atoms with Gasteiger partial charge in [-0.05, 0) is 20.8 Å². The maximum absolute atomic E-state index is 12.2. The van der Waals surface area contributed by atoms with Gasteiger partial charge in [0.2, 0.25) is 11.8 Å². The van der Waals surface area contributed by atoms with Crippen molar-refractivity contribution in [3.05, 3.63) is 0 Å². The molecular formula is C12H20N2O4. The van der Waals surface area contributed by atoms with E-state index in [0.717, 1.165) is 0 Å². The van der Waals surface area contributed by atoms with Crippen LogP contribution < -0.4 is 5.32 Å². The van der Waals surface area contributed by atoms with Crippen molar-refractivity contribution in [1.82, 2.24) is 10.2 Å². The van der Waals surface area contributed by atoms with Crippen LogP contribution >= 0.6 is 0 Å². The van der Waals surface area contributed by atoms with Crippen LogP contribution in [0, 0.1) is 0 Å². The third kappa shape index (κ3) is 2.81. The number of hydrogen-bond donors (Lipinski definition) is 1. The number of morpholine rings is 1. The van der Waals surface area contributed by atoms with Crippen LogP contribution in [0.15, 0.2) is 0 Å². The number of nitrogens with one attached hydrogen (secondary N) is 1. The van der Waals surface area contributed by atoms with Gasteiger partial charge < -0.3 is 19.7 Å². The standard InChI is InChI=1S/C12H20N2O4/c1-12(2,3)18-6-8-11(16)14-4-5-17-7-9(14)10(15)13-8/h8-9H,4-7H2,1-3H3,(H,13,15)/t8-,9?/m0/s1. The van der Waals surface area contributed by atoms with Crippen molar-refractivity contribution in [2.45, 2.75) is 38.5 Å². The Labute approximate surface area is 107 Å².